The number of rotatable bonds is 3. The molecule has 4 aliphatic carbocycles. The van der Waals surface area contributed by atoms with Crippen LogP contribution in [0.2, 0.25) is 0 Å². The van der Waals surface area contributed by atoms with Crippen molar-refractivity contribution in [1.82, 2.24) is 4.90 Å². The third-order valence-electron chi connectivity index (χ3n) is 6.18. The van der Waals surface area contributed by atoms with E-state index in [4.69, 9.17) is 0 Å². The first kappa shape index (κ1) is 15.3. The molecular weight excluding hydrogens is 384 g/mol. The summed E-state index contributed by atoms with van der Waals surface area (Å²) in [4.78, 5) is 39.1. The number of likely N-dealkylation sites (tertiary alicyclic amines) is 1. The van der Waals surface area contributed by atoms with Gasteiger partial charge >= 0.3 is 0 Å². The van der Waals surface area contributed by atoms with E-state index >= 15 is 0 Å². The molecule has 6 atom stereocenters. The number of nitrogens with zero attached hydrogens (tertiary/aromatic N) is 1. The lowest BCUT2D eigenvalue weighted by Crippen LogP contribution is -2.40. The summed E-state index contributed by atoms with van der Waals surface area (Å²) >= 11 is 3.34. The van der Waals surface area contributed by atoms with Crippen molar-refractivity contribution in [2.75, 3.05) is 11.9 Å². The molecule has 1 N–H and O–H groups in total. The monoisotopic (exact) mass is 400 g/mol. The molecule has 1 saturated heterocycles. The van der Waals surface area contributed by atoms with Gasteiger partial charge in [0.25, 0.3) is 0 Å². The molecule has 1 aromatic carbocycles. The number of hydrogen-bond donors (Lipinski definition) is 1. The third kappa shape index (κ3) is 2.23. The minimum atomic E-state index is -0.340. The maximum Gasteiger partial charge on any atom is 0.244 e. The lowest BCUT2D eigenvalue weighted by atomic mass is 9.63. The van der Waals surface area contributed by atoms with E-state index in [0.717, 1.165) is 10.9 Å². The molecule has 1 heterocycles. The van der Waals surface area contributed by atoms with Gasteiger partial charge < -0.3 is 5.32 Å². The molecule has 3 fully saturated rings. The first-order valence-corrected chi connectivity index (χ1v) is 9.43. The highest BCUT2D eigenvalue weighted by atomic mass is 79.9. The van der Waals surface area contributed by atoms with Crippen LogP contribution in [-0.4, -0.2) is 29.2 Å². The van der Waals surface area contributed by atoms with Gasteiger partial charge in [-0.05, 0) is 54.4 Å². The fourth-order valence-corrected chi connectivity index (χ4v) is 5.32. The predicted octanol–water partition coefficient (Wildman–Crippen LogP) is 2.44. The molecular formula is C19H17BrN2O3. The summed E-state index contributed by atoms with van der Waals surface area (Å²) in [5.41, 5.74) is 0.646. The maximum atomic E-state index is 12.8. The van der Waals surface area contributed by atoms with Crippen molar-refractivity contribution in [3.8, 4) is 0 Å². The smallest absolute Gasteiger partial charge is 0.244 e. The van der Waals surface area contributed by atoms with Crippen molar-refractivity contribution in [1.29, 1.82) is 0 Å². The van der Waals surface area contributed by atoms with Crippen LogP contribution in [0.15, 0.2) is 40.9 Å². The van der Waals surface area contributed by atoms with Gasteiger partial charge in [0.1, 0.15) is 6.54 Å². The van der Waals surface area contributed by atoms with Gasteiger partial charge in [0.2, 0.25) is 17.7 Å². The van der Waals surface area contributed by atoms with E-state index in [1.807, 2.05) is 12.1 Å². The van der Waals surface area contributed by atoms with Crippen LogP contribution in [-0.2, 0) is 14.4 Å². The Balaban J connectivity index is 1.32. The second-order valence-corrected chi connectivity index (χ2v) is 8.39. The van der Waals surface area contributed by atoms with E-state index in [1.165, 1.54) is 4.90 Å². The number of halogens is 1. The average molecular weight is 401 g/mol. The van der Waals surface area contributed by atoms with Gasteiger partial charge in [-0.25, -0.2) is 0 Å². The molecule has 0 spiro atoms. The van der Waals surface area contributed by atoms with E-state index in [2.05, 4.69) is 33.4 Å². The van der Waals surface area contributed by atoms with Gasteiger partial charge in [0, 0.05) is 10.2 Å². The van der Waals surface area contributed by atoms with Crippen molar-refractivity contribution < 1.29 is 14.4 Å². The minimum absolute atomic E-state index is 0.161. The van der Waals surface area contributed by atoms with Crippen LogP contribution in [0.3, 0.4) is 0 Å². The van der Waals surface area contributed by atoms with Crippen molar-refractivity contribution in [2.45, 2.75) is 6.42 Å². The van der Waals surface area contributed by atoms with E-state index in [9.17, 15) is 14.4 Å². The standard InChI is InChI=1S/C19H17BrN2O3/c20-9-1-3-10(4-2-9)21-15(23)8-22-18(24)16-11-5-6-12(14-7-13(11)14)17(16)19(22)25/h1-6,11-14,16-17H,7-8H2,(H,21,23)/t11-,12+,13-,14-,16+,17+/m1/s1. The van der Waals surface area contributed by atoms with E-state index in [1.54, 1.807) is 12.1 Å². The zero-order valence-electron chi connectivity index (χ0n) is 13.4. The summed E-state index contributed by atoms with van der Waals surface area (Å²) in [6.07, 6.45) is 5.41. The van der Waals surface area contributed by atoms with Crippen LogP contribution >= 0.6 is 15.9 Å². The molecule has 6 heteroatoms. The van der Waals surface area contributed by atoms with Gasteiger partial charge in [-0.2, -0.15) is 0 Å². The molecule has 1 aromatic rings. The Labute approximate surface area is 153 Å². The van der Waals surface area contributed by atoms with Crippen LogP contribution in [0.4, 0.5) is 5.69 Å². The third-order valence-corrected chi connectivity index (χ3v) is 6.71. The number of carbonyl (C=O) groups is 3. The van der Waals surface area contributed by atoms with Crippen LogP contribution < -0.4 is 5.32 Å². The first-order chi connectivity index (χ1) is 12.0. The second-order valence-electron chi connectivity index (χ2n) is 7.47. The highest BCUT2D eigenvalue weighted by Gasteiger charge is 2.67. The number of amides is 3. The first-order valence-electron chi connectivity index (χ1n) is 8.63. The Bertz CT molecular complexity index is 782. The molecule has 3 amide bonds. The zero-order valence-corrected chi connectivity index (χ0v) is 15.0. The number of allylic oxidation sites excluding steroid dienone is 2. The van der Waals surface area contributed by atoms with Crippen molar-refractivity contribution in [3.05, 3.63) is 40.9 Å². The Morgan fingerprint density at radius 2 is 1.60 bits per heavy atom. The molecule has 0 radical (unpaired) electrons. The van der Waals surface area contributed by atoms with Crippen molar-refractivity contribution in [2.24, 2.45) is 35.5 Å². The van der Waals surface area contributed by atoms with Crippen molar-refractivity contribution >= 4 is 39.3 Å². The average Bonchev–Trinajstić information content (AvgIpc) is 3.38. The Morgan fingerprint density at radius 1 is 1.04 bits per heavy atom. The van der Waals surface area contributed by atoms with Crippen LogP contribution in [0.25, 0.3) is 0 Å². The number of carbonyl (C=O) groups excluding carboxylic acids is 3. The molecule has 2 saturated carbocycles. The number of imide groups is 1. The van der Waals surface area contributed by atoms with Gasteiger partial charge in [0.15, 0.2) is 0 Å². The fraction of sp³-hybridized carbons (Fsp3) is 0.421. The van der Waals surface area contributed by atoms with E-state index in [-0.39, 0.29) is 47.9 Å². The maximum absolute atomic E-state index is 12.8. The largest absolute Gasteiger partial charge is 0.325 e. The van der Waals surface area contributed by atoms with Crippen LogP contribution in [0.1, 0.15) is 6.42 Å². The highest BCUT2D eigenvalue weighted by molar-refractivity contribution is 9.10. The predicted molar refractivity (Wildman–Crippen MR) is 94.2 cm³/mol. The molecule has 25 heavy (non-hydrogen) atoms. The highest BCUT2D eigenvalue weighted by Crippen LogP contribution is 2.65. The molecule has 6 rings (SSSR count). The Morgan fingerprint density at radius 3 is 2.16 bits per heavy atom. The number of anilines is 1. The zero-order chi connectivity index (χ0) is 17.3. The quantitative estimate of drug-likeness (QED) is 0.625. The fourth-order valence-electron chi connectivity index (χ4n) is 5.05. The summed E-state index contributed by atoms with van der Waals surface area (Å²) in [6.45, 7) is -0.199. The van der Waals surface area contributed by atoms with Crippen molar-refractivity contribution in [3.63, 3.8) is 0 Å². The minimum Gasteiger partial charge on any atom is -0.325 e. The van der Waals surface area contributed by atoms with Gasteiger partial charge in [0.05, 0.1) is 11.8 Å². The van der Waals surface area contributed by atoms with Gasteiger partial charge in [-0.1, -0.05) is 28.1 Å². The Kier molecular flexibility index (Phi) is 3.23. The summed E-state index contributed by atoms with van der Waals surface area (Å²) < 4.78 is 0.918. The molecule has 0 unspecified atom stereocenters. The van der Waals surface area contributed by atoms with E-state index in [0.29, 0.717) is 17.5 Å². The summed E-state index contributed by atoms with van der Waals surface area (Å²) in [5, 5.41) is 2.75. The summed E-state index contributed by atoms with van der Waals surface area (Å²) in [7, 11) is 0. The summed E-state index contributed by atoms with van der Waals surface area (Å²) in [6, 6.07) is 7.19. The second kappa shape index (κ2) is 5.27. The Hall–Kier alpha value is -1.95. The molecule has 5 aliphatic rings. The molecule has 5 nitrogen and oxygen atoms in total. The molecule has 1 aliphatic heterocycles. The lowest BCUT2D eigenvalue weighted by molar-refractivity contribution is -0.142. The molecule has 128 valence electrons. The number of nitrogens with one attached hydrogen (secondary N) is 1. The lowest BCUT2D eigenvalue weighted by Gasteiger charge is -2.37. The number of hydrogen-bond acceptors (Lipinski definition) is 3. The molecule has 0 aromatic heterocycles. The van der Waals surface area contributed by atoms with E-state index < -0.39 is 0 Å². The van der Waals surface area contributed by atoms with Crippen LogP contribution in [0, 0.1) is 35.5 Å². The SMILES string of the molecule is O=C(CN1C(=O)[C@H]2[C@@H]3C=C[C@@H]([C@H]4C[C@H]34)[C@@H]2C1=O)Nc1ccc(Br)cc1. The molecule has 2 bridgehead atoms. The summed E-state index contributed by atoms with van der Waals surface area (Å²) in [5.74, 6) is 0.379. The van der Waals surface area contributed by atoms with Crippen LogP contribution in [0.5, 0.6) is 0 Å². The normalized spacial score (nSPS) is 37.1. The van der Waals surface area contributed by atoms with Gasteiger partial charge in [-0.3, -0.25) is 19.3 Å². The topological polar surface area (TPSA) is 66.5 Å². The number of benzene rings is 1. The van der Waals surface area contributed by atoms with Gasteiger partial charge in [-0.15, -0.1) is 0 Å².